The van der Waals surface area contributed by atoms with E-state index in [0.717, 1.165) is 28.8 Å². The molecule has 2 N–H and O–H groups in total. The van der Waals surface area contributed by atoms with E-state index in [4.69, 9.17) is 0 Å². The molecule has 0 unspecified atom stereocenters. The molecule has 2 aromatic carbocycles. The van der Waals surface area contributed by atoms with Gasteiger partial charge >= 0.3 is 5.97 Å². The summed E-state index contributed by atoms with van der Waals surface area (Å²) in [6.07, 6.45) is 4.77. The van der Waals surface area contributed by atoms with Gasteiger partial charge in [-0.15, -0.1) is 11.3 Å². The van der Waals surface area contributed by atoms with Crippen LogP contribution in [0.5, 0.6) is 0 Å². The third-order valence-corrected chi connectivity index (χ3v) is 8.28. The van der Waals surface area contributed by atoms with Crippen molar-refractivity contribution in [3.05, 3.63) is 77.4 Å². The first kappa shape index (κ1) is 24.3. The van der Waals surface area contributed by atoms with Gasteiger partial charge in [-0.1, -0.05) is 48.0 Å². The number of benzene rings is 2. The van der Waals surface area contributed by atoms with Gasteiger partial charge in [0.15, 0.2) is 0 Å². The summed E-state index contributed by atoms with van der Waals surface area (Å²) in [5.74, 6) is -1.20. The summed E-state index contributed by atoms with van der Waals surface area (Å²) in [6, 6.07) is 18.8. The van der Waals surface area contributed by atoms with Gasteiger partial charge in [0.05, 0.1) is 5.56 Å². The second-order valence-corrected chi connectivity index (χ2v) is 10.9. The Morgan fingerprint density at radius 3 is 2.19 bits per heavy atom. The molecule has 0 atom stereocenters. The Bertz CT molecular complexity index is 1260. The van der Waals surface area contributed by atoms with E-state index >= 15 is 0 Å². The molecule has 1 aromatic heterocycles. The lowest BCUT2D eigenvalue weighted by molar-refractivity contribution is -0.126. The number of carboxylic acid groups (broad SMARTS) is 1. The van der Waals surface area contributed by atoms with Gasteiger partial charge in [0, 0.05) is 28.4 Å². The van der Waals surface area contributed by atoms with Crippen molar-refractivity contribution in [1.29, 1.82) is 0 Å². The molecule has 1 heterocycles. The molecule has 186 valence electrons. The maximum atomic E-state index is 13.9. The molecule has 0 spiro atoms. The van der Waals surface area contributed by atoms with Crippen LogP contribution in [-0.4, -0.2) is 35.0 Å². The van der Waals surface area contributed by atoms with E-state index in [1.807, 2.05) is 49.4 Å². The number of carbonyl (C=O) groups is 3. The summed E-state index contributed by atoms with van der Waals surface area (Å²) in [7, 11) is 0. The number of carboxylic acids is 1. The third-order valence-electron chi connectivity index (χ3n) is 7.09. The molecule has 5 rings (SSSR count). The first-order valence-electron chi connectivity index (χ1n) is 12.5. The topological polar surface area (TPSA) is 86.7 Å². The number of carbonyl (C=O) groups excluding carboxylic acids is 2. The molecule has 7 heteroatoms. The fourth-order valence-corrected chi connectivity index (χ4v) is 6.09. The predicted octanol–water partition coefficient (Wildman–Crippen LogP) is 5.91. The second kappa shape index (κ2) is 10.3. The van der Waals surface area contributed by atoms with Gasteiger partial charge in [-0.3, -0.25) is 14.5 Å². The van der Waals surface area contributed by atoms with E-state index in [2.05, 4.69) is 5.32 Å². The molecule has 3 aromatic rings. The van der Waals surface area contributed by atoms with Gasteiger partial charge in [-0.2, -0.15) is 0 Å². The SMILES string of the molecule is Cc1ccc(C(=O)N(c2sc(-c3ccccc3)cc2C(=O)O)C2CCC(C(=O)NC3CC3)CC2)cc1. The van der Waals surface area contributed by atoms with Gasteiger partial charge in [0.2, 0.25) is 5.91 Å². The Morgan fingerprint density at radius 2 is 1.58 bits per heavy atom. The molecule has 36 heavy (non-hydrogen) atoms. The van der Waals surface area contributed by atoms with Crippen molar-refractivity contribution in [2.75, 3.05) is 4.90 Å². The zero-order valence-corrected chi connectivity index (χ0v) is 21.1. The number of aromatic carboxylic acids is 1. The van der Waals surface area contributed by atoms with Crippen LogP contribution in [-0.2, 0) is 4.79 Å². The van der Waals surface area contributed by atoms with E-state index in [9.17, 15) is 19.5 Å². The van der Waals surface area contributed by atoms with Crippen molar-refractivity contribution < 1.29 is 19.5 Å². The van der Waals surface area contributed by atoms with Gasteiger partial charge in [0.1, 0.15) is 5.00 Å². The summed E-state index contributed by atoms with van der Waals surface area (Å²) in [6.45, 7) is 1.97. The van der Waals surface area contributed by atoms with Crippen molar-refractivity contribution in [3.8, 4) is 10.4 Å². The zero-order valence-electron chi connectivity index (χ0n) is 20.3. The molecule has 0 bridgehead atoms. The van der Waals surface area contributed by atoms with Gasteiger partial charge < -0.3 is 10.4 Å². The van der Waals surface area contributed by atoms with E-state index < -0.39 is 5.97 Å². The third kappa shape index (κ3) is 5.21. The normalized spacial score (nSPS) is 19.5. The fraction of sp³-hybridized carbons (Fsp3) is 0.345. The van der Waals surface area contributed by atoms with Gasteiger partial charge in [0.25, 0.3) is 5.91 Å². The number of nitrogens with one attached hydrogen (secondary N) is 1. The number of rotatable bonds is 7. The molecule has 0 saturated heterocycles. The number of aryl methyl sites for hydroxylation is 1. The summed E-state index contributed by atoms with van der Waals surface area (Å²) in [5.41, 5.74) is 2.63. The molecule has 0 radical (unpaired) electrons. The Kier molecular flexibility index (Phi) is 6.92. The minimum atomic E-state index is -1.05. The van der Waals surface area contributed by atoms with Crippen LogP contribution in [0.2, 0.25) is 0 Å². The molecule has 2 aliphatic carbocycles. The van der Waals surface area contributed by atoms with Crippen LogP contribution in [0.3, 0.4) is 0 Å². The van der Waals surface area contributed by atoms with Crippen LogP contribution >= 0.6 is 11.3 Å². The molecule has 2 aliphatic rings. The molecule has 0 aliphatic heterocycles. The van der Waals surface area contributed by atoms with Crippen LogP contribution in [0.1, 0.15) is 64.8 Å². The maximum absolute atomic E-state index is 13.9. The Hall–Kier alpha value is -3.45. The maximum Gasteiger partial charge on any atom is 0.338 e. The molecular formula is C29H30N2O4S. The van der Waals surface area contributed by atoms with E-state index in [-0.39, 0.29) is 29.3 Å². The van der Waals surface area contributed by atoms with Crippen molar-refractivity contribution in [1.82, 2.24) is 5.32 Å². The van der Waals surface area contributed by atoms with Crippen LogP contribution in [0.15, 0.2) is 60.7 Å². The van der Waals surface area contributed by atoms with Crippen LogP contribution in [0.25, 0.3) is 10.4 Å². The van der Waals surface area contributed by atoms with Crippen LogP contribution in [0, 0.1) is 12.8 Å². The highest BCUT2D eigenvalue weighted by atomic mass is 32.1. The molecular weight excluding hydrogens is 472 g/mol. The fourth-order valence-electron chi connectivity index (χ4n) is 4.86. The molecule has 2 fully saturated rings. The van der Waals surface area contributed by atoms with E-state index in [1.165, 1.54) is 11.3 Å². The number of anilines is 1. The Morgan fingerprint density at radius 1 is 0.917 bits per heavy atom. The Balaban J connectivity index is 1.48. The summed E-state index contributed by atoms with van der Waals surface area (Å²) < 4.78 is 0. The number of nitrogens with zero attached hydrogens (tertiary/aromatic N) is 1. The number of amides is 2. The summed E-state index contributed by atoms with van der Waals surface area (Å²) in [5, 5.41) is 13.6. The minimum absolute atomic E-state index is 0.0552. The van der Waals surface area contributed by atoms with Crippen molar-refractivity contribution >= 4 is 34.1 Å². The first-order chi connectivity index (χ1) is 17.4. The van der Waals surface area contributed by atoms with Gasteiger partial charge in [-0.25, -0.2) is 4.79 Å². The van der Waals surface area contributed by atoms with Crippen molar-refractivity contribution in [2.24, 2.45) is 5.92 Å². The quantitative estimate of drug-likeness (QED) is 0.421. The molecule has 6 nitrogen and oxygen atoms in total. The highest BCUT2D eigenvalue weighted by Gasteiger charge is 2.37. The minimum Gasteiger partial charge on any atom is -0.478 e. The second-order valence-electron chi connectivity index (χ2n) is 9.83. The van der Waals surface area contributed by atoms with Gasteiger partial charge in [-0.05, 0) is 69.2 Å². The number of hydrogen-bond acceptors (Lipinski definition) is 4. The standard InChI is InChI=1S/C29H30N2O4S/c1-18-7-9-21(10-8-18)27(33)31(23-15-11-20(12-16-23)26(32)30-22-13-14-22)28-24(29(34)35)17-25(36-28)19-5-3-2-4-6-19/h2-10,17,20,22-23H,11-16H2,1H3,(H,30,32)(H,34,35). The average Bonchev–Trinajstić information content (AvgIpc) is 3.60. The highest BCUT2D eigenvalue weighted by molar-refractivity contribution is 7.20. The number of hydrogen-bond donors (Lipinski definition) is 2. The zero-order chi connectivity index (χ0) is 25.2. The van der Waals surface area contributed by atoms with Crippen molar-refractivity contribution in [3.63, 3.8) is 0 Å². The smallest absolute Gasteiger partial charge is 0.338 e. The monoisotopic (exact) mass is 502 g/mol. The highest BCUT2D eigenvalue weighted by Crippen LogP contribution is 2.42. The molecule has 2 amide bonds. The molecule has 2 saturated carbocycles. The van der Waals surface area contributed by atoms with Crippen LogP contribution < -0.4 is 10.2 Å². The summed E-state index contributed by atoms with van der Waals surface area (Å²) in [4.78, 5) is 41.4. The first-order valence-corrected chi connectivity index (χ1v) is 13.4. The average molecular weight is 503 g/mol. The Labute approximate surface area is 215 Å². The van der Waals surface area contributed by atoms with E-state index in [1.54, 1.807) is 23.1 Å². The lowest BCUT2D eigenvalue weighted by atomic mass is 9.84. The van der Waals surface area contributed by atoms with Crippen LogP contribution in [0.4, 0.5) is 5.00 Å². The lowest BCUT2D eigenvalue weighted by Crippen LogP contribution is -2.44. The number of thiophene rings is 1. The lowest BCUT2D eigenvalue weighted by Gasteiger charge is -2.36. The van der Waals surface area contributed by atoms with E-state index in [0.29, 0.717) is 42.3 Å². The largest absolute Gasteiger partial charge is 0.478 e. The predicted molar refractivity (Wildman–Crippen MR) is 142 cm³/mol. The van der Waals surface area contributed by atoms with Crippen molar-refractivity contribution in [2.45, 2.75) is 57.5 Å². The summed E-state index contributed by atoms with van der Waals surface area (Å²) >= 11 is 1.34.